The molecule has 0 fully saturated rings. The summed E-state index contributed by atoms with van der Waals surface area (Å²) >= 11 is 3.32. The van der Waals surface area contributed by atoms with Gasteiger partial charge in [0.15, 0.2) is 0 Å². The molecule has 0 spiro atoms. The zero-order valence-corrected chi connectivity index (χ0v) is 11.2. The van der Waals surface area contributed by atoms with E-state index in [4.69, 9.17) is 0 Å². The molecular weight excluding hydrogens is 240 g/mol. The van der Waals surface area contributed by atoms with Crippen molar-refractivity contribution in [1.29, 1.82) is 0 Å². The maximum Gasteiger partial charge on any atom is 0.206 e. The topological polar surface area (TPSA) is 50.7 Å². The van der Waals surface area contributed by atoms with Gasteiger partial charge in [-0.2, -0.15) is 0 Å². The third kappa shape index (κ3) is 2.56. The summed E-state index contributed by atoms with van der Waals surface area (Å²) in [6.45, 7) is 6.19. The zero-order chi connectivity index (χ0) is 11.5. The van der Waals surface area contributed by atoms with E-state index in [1.165, 1.54) is 4.88 Å². The summed E-state index contributed by atoms with van der Waals surface area (Å²) in [6, 6.07) is 0.192. The summed E-state index contributed by atoms with van der Waals surface area (Å²) in [4.78, 5) is 5.72. The summed E-state index contributed by atoms with van der Waals surface area (Å²) in [5.41, 5.74) is 0. The minimum absolute atomic E-state index is 0.192. The second kappa shape index (κ2) is 4.88. The Morgan fingerprint density at radius 1 is 1.38 bits per heavy atom. The number of hydrogen-bond acceptors (Lipinski definition) is 6. The van der Waals surface area contributed by atoms with Crippen molar-refractivity contribution in [3.63, 3.8) is 0 Å². The Hall–Kier alpha value is -1.01. The SMILES string of the molecule is CCc1cnc(C(C)Nc2nnc(C)s2)s1. The molecule has 2 heterocycles. The molecule has 0 saturated carbocycles. The lowest BCUT2D eigenvalue weighted by molar-refractivity contribution is 0.859. The van der Waals surface area contributed by atoms with E-state index >= 15 is 0 Å². The number of thiazole rings is 1. The molecule has 2 aromatic heterocycles. The fourth-order valence-corrected chi connectivity index (χ4v) is 2.83. The van der Waals surface area contributed by atoms with E-state index in [9.17, 15) is 0 Å². The predicted octanol–water partition coefficient (Wildman–Crippen LogP) is 3.04. The van der Waals surface area contributed by atoms with E-state index < -0.39 is 0 Å². The number of rotatable bonds is 4. The van der Waals surface area contributed by atoms with Crippen LogP contribution in [0.25, 0.3) is 0 Å². The third-order valence-corrected chi connectivity index (χ3v) is 4.25. The normalized spacial score (nSPS) is 12.7. The van der Waals surface area contributed by atoms with Gasteiger partial charge >= 0.3 is 0 Å². The van der Waals surface area contributed by atoms with Crippen LogP contribution >= 0.6 is 22.7 Å². The minimum Gasteiger partial charge on any atom is -0.351 e. The molecule has 0 bridgehead atoms. The molecule has 16 heavy (non-hydrogen) atoms. The van der Waals surface area contributed by atoms with Crippen LogP contribution in [0.15, 0.2) is 6.20 Å². The molecule has 1 unspecified atom stereocenters. The van der Waals surface area contributed by atoms with Crippen molar-refractivity contribution in [3.05, 3.63) is 21.1 Å². The standard InChI is InChI=1S/C10H14N4S2/c1-4-8-5-11-9(16-8)6(2)12-10-14-13-7(3)15-10/h5-6H,4H2,1-3H3,(H,12,14). The van der Waals surface area contributed by atoms with Crippen LogP contribution in [-0.4, -0.2) is 15.2 Å². The largest absolute Gasteiger partial charge is 0.351 e. The van der Waals surface area contributed by atoms with E-state index in [2.05, 4.69) is 34.3 Å². The van der Waals surface area contributed by atoms with Crippen molar-refractivity contribution < 1.29 is 0 Å². The van der Waals surface area contributed by atoms with Gasteiger partial charge in [-0.05, 0) is 20.3 Å². The van der Waals surface area contributed by atoms with E-state index in [1.807, 2.05) is 13.1 Å². The van der Waals surface area contributed by atoms with Crippen molar-refractivity contribution in [1.82, 2.24) is 15.2 Å². The molecule has 0 aliphatic rings. The highest BCUT2D eigenvalue weighted by molar-refractivity contribution is 7.15. The van der Waals surface area contributed by atoms with Gasteiger partial charge in [0.05, 0.1) is 6.04 Å². The third-order valence-electron chi connectivity index (χ3n) is 2.16. The molecule has 1 N–H and O–H groups in total. The molecule has 0 aromatic carbocycles. The summed E-state index contributed by atoms with van der Waals surface area (Å²) in [7, 11) is 0. The van der Waals surface area contributed by atoms with Crippen LogP contribution < -0.4 is 5.32 Å². The van der Waals surface area contributed by atoms with Gasteiger partial charge in [-0.3, -0.25) is 0 Å². The average molecular weight is 254 g/mol. The highest BCUT2D eigenvalue weighted by atomic mass is 32.1. The van der Waals surface area contributed by atoms with Crippen LogP contribution in [0.2, 0.25) is 0 Å². The number of hydrogen-bond donors (Lipinski definition) is 1. The van der Waals surface area contributed by atoms with Crippen LogP contribution in [0.5, 0.6) is 0 Å². The van der Waals surface area contributed by atoms with E-state index in [-0.39, 0.29) is 6.04 Å². The lowest BCUT2D eigenvalue weighted by Gasteiger charge is -2.08. The molecule has 0 saturated heterocycles. The molecule has 6 heteroatoms. The van der Waals surface area contributed by atoms with E-state index in [1.54, 1.807) is 22.7 Å². The molecule has 0 aliphatic carbocycles. The maximum absolute atomic E-state index is 4.40. The Kier molecular flexibility index (Phi) is 3.50. The molecule has 1 atom stereocenters. The van der Waals surface area contributed by atoms with Crippen LogP contribution in [0.4, 0.5) is 5.13 Å². The van der Waals surface area contributed by atoms with Gasteiger partial charge in [0.2, 0.25) is 5.13 Å². The van der Waals surface area contributed by atoms with Crippen molar-refractivity contribution in [2.45, 2.75) is 33.2 Å². The Balaban J connectivity index is 2.05. The molecule has 0 radical (unpaired) electrons. The molecule has 2 rings (SSSR count). The predicted molar refractivity (Wildman–Crippen MR) is 68.2 cm³/mol. The molecule has 86 valence electrons. The van der Waals surface area contributed by atoms with Crippen molar-refractivity contribution in [2.24, 2.45) is 0 Å². The van der Waals surface area contributed by atoms with Gasteiger partial charge < -0.3 is 5.32 Å². The maximum atomic E-state index is 4.40. The van der Waals surface area contributed by atoms with Gasteiger partial charge in [-0.15, -0.1) is 21.5 Å². The highest BCUT2D eigenvalue weighted by Crippen LogP contribution is 2.25. The smallest absolute Gasteiger partial charge is 0.206 e. The van der Waals surface area contributed by atoms with Crippen molar-refractivity contribution in [2.75, 3.05) is 5.32 Å². The Bertz CT molecular complexity index is 463. The number of nitrogens with one attached hydrogen (secondary N) is 1. The quantitative estimate of drug-likeness (QED) is 0.911. The molecule has 4 nitrogen and oxygen atoms in total. The lowest BCUT2D eigenvalue weighted by Crippen LogP contribution is -2.05. The first kappa shape index (κ1) is 11.5. The van der Waals surface area contributed by atoms with Gasteiger partial charge in [-0.1, -0.05) is 18.3 Å². The molecule has 2 aromatic rings. The van der Waals surface area contributed by atoms with Crippen molar-refractivity contribution >= 4 is 27.8 Å². The first-order valence-electron chi connectivity index (χ1n) is 5.20. The second-order valence-electron chi connectivity index (χ2n) is 3.51. The summed E-state index contributed by atoms with van der Waals surface area (Å²) < 4.78 is 0. The van der Waals surface area contributed by atoms with Crippen LogP contribution in [-0.2, 0) is 6.42 Å². The Labute approximate surface area is 103 Å². The summed E-state index contributed by atoms with van der Waals surface area (Å²) in [5.74, 6) is 0. The zero-order valence-electron chi connectivity index (χ0n) is 9.52. The Morgan fingerprint density at radius 2 is 2.19 bits per heavy atom. The molecular formula is C10H14N4S2. The van der Waals surface area contributed by atoms with Gasteiger partial charge in [-0.25, -0.2) is 4.98 Å². The first-order valence-corrected chi connectivity index (χ1v) is 6.83. The summed E-state index contributed by atoms with van der Waals surface area (Å²) in [6.07, 6.45) is 2.99. The van der Waals surface area contributed by atoms with Crippen molar-refractivity contribution in [3.8, 4) is 0 Å². The molecule has 0 aliphatic heterocycles. The van der Waals surface area contributed by atoms with Gasteiger partial charge in [0.25, 0.3) is 0 Å². The number of aryl methyl sites for hydroxylation is 2. The monoisotopic (exact) mass is 254 g/mol. The number of aromatic nitrogens is 3. The minimum atomic E-state index is 0.192. The Morgan fingerprint density at radius 3 is 2.75 bits per heavy atom. The van der Waals surface area contributed by atoms with Crippen LogP contribution in [0.1, 0.15) is 34.8 Å². The fourth-order valence-electron chi connectivity index (χ4n) is 1.29. The number of anilines is 1. The van der Waals surface area contributed by atoms with Gasteiger partial charge in [0, 0.05) is 11.1 Å². The van der Waals surface area contributed by atoms with Crippen LogP contribution in [0.3, 0.4) is 0 Å². The highest BCUT2D eigenvalue weighted by Gasteiger charge is 2.11. The fraction of sp³-hybridized carbons (Fsp3) is 0.500. The first-order chi connectivity index (χ1) is 7.69. The average Bonchev–Trinajstić information content (AvgIpc) is 2.87. The van der Waals surface area contributed by atoms with E-state index in [0.29, 0.717) is 0 Å². The summed E-state index contributed by atoms with van der Waals surface area (Å²) in [5, 5.41) is 14.3. The van der Waals surface area contributed by atoms with Gasteiger partial charge in [0.1, 0.15) is 10.0 Å². The molecule has 0 amide bonds. The van der Waals surface area contributed by atoms with E-state index in [0.717, 1.165) is 21.6 Å². The lowest BCUT2D eigenvalue weighted by atomic mass is 10.4. The van der Waals surface area contributed by atoms with Crippen LogP contribution in [0, 0.1) is 6.92 Å². The second-order valence-corrected chi connectivity index (χ2v) is 5.84. The number of nitrogens with zero attached hydrogens (tertiary/aromatic N) is 3.